The standard InChI is InChI=1S/C20H27F6N3O2S.C2HF3O2/c1-13(6-9-19(21,22)23)28-32(30,31)18-12-14(20(24,25)26)2-5-17(18)27-15-7-10-29(11-8-15)16-3-4-16;3-2(4,5)1(6)7/h2,5,12-13,15-16,27-28H,3-4,6-11H2,1H3;(H,6,7). The number of sulfonamides is 1. The van der Waals surface area contributed by atoms with Crippen molar-refractivity contribution in [2.24, 2.45) is 0 Å². The molecule has 0 aromatic heterocycles. The van der Waals surface area contributed by atoms with Crippen LogP contribution in [0.25, 0.3) is 0 Å². The van der Waals surface area contributed by atoms with Gasteiger partial charge in [0.1, 0.15) is 4.90 Å². The molecule has 1 aliphatic heterocycles. The molecule has 17 heteroatoms. The van der Waals surface area contributed by atoms with Gasteiger partial charge >= 0.3 is 24.5 Å². The van der Waals surface area contributed by atoms with E-state index < -0.39 is 63.9 Å². The number of hydrogen-bond acceptors (Lipinski definition) is 5. The van der Waals surface area contributed by atoms with Gasteiger partial charge in [-0.05, 0) is 57.2 Å². The lowest BCUT2D eigenvalue weighted by molar-refractivity contribution is -0.192. The van der Waals surface area contributed by atoms with E-state index in [4.69, 9.17) is 9.90 Å². The van der Waals surface area contributed by atoms with Gasteiger partial charge in [0.15, 0.2) is 0 Å². The topological polar surface area (TPSA) is 98.7 Å². The van der Waals surface area contributed by atoms with Crippen LogP contribution in [0.4, 0.5) is 45.2 Å². The summed E-state index contributed by atoms with van der Waals surface area (Å²) < 4.78 is 137. The number of anilines is 1. The average molecular weight is 602 g/mol. The zero-order valence-electron chi connectivity index (χ0n) is 20.6. The van der Waals surface area contributed by atoms with Crippen molar-refractivity contribution < 1.29 is 57.8 Å². The van der Waals surface area contributed by atoms with E-state index in [1.165, 1.54) is 6.92 Å². The number of carboxylic acids is 1. The maximum Gasteiger partial charge on any atom is 0.490 e. The minimum Gasteiger partial charge on any atom is -0.475 e. The molecule has 0 spiro atoms. The number of alkyl halides is 9. The Kier molecular flexibility index (Phi) is 10.6. The number of rotatable bonds is 8. The molecule has 0 bridgehead atoms. The summed E-state index contributed by atoms with van der Waals surface area (Å²) in [4.78, 5) is 10.6. The van der Waals surface area contributed by atoms with Crippen LogP contribution in [-0.4, -0.2) is 68.0 Å². The summed E-state index contributed by atoms with van der Waals surface area (Å²) in [5.74, 6) is -2.76. The molecule has 7 nitrogen and oxygen atoms in total. The van der Waals surface area contributed by atoms with Crippen molar-refractivity contribution >= 4 is 21.7 Å². The number of carboxylic acid groups (broad SMARTS) is 1. The lowest BCUT2D eigenvalue weighted by Gasteiger charge is -2.33. The molecule has 224 valence electrons. The van der Waals surface area contributed by atoms with Crippen LogP contribution >= 0.6 is 0 Å². The molecule has 3 rings (SSSR count). The number of carbonyl (C=O) groups is 1. The molecule has 39 heavy (non-hydrogen) atoms. The highest BCUT2D eigenvalue weighted by Crippen LogP contribution is 2.35. The second-order valence-corrected chi connectivity index (χ2v) is 11.1. The first-order chi connectivity index (χ1) is 17.7. The van der Waals surface area contributed by atoms with Gasteiger partial charge in [-0.15, -0.1) is 0 Å². The second kappa shape index (κ2) is 12.5. The number of nitrogens with one attached hydrogen (secondary N) is 2. The fourth-order valence-electron chi connectivity index (χ4n) is 3.88. The smallest absolute Gasteiger partial charge is 0.475 e. The summed E-state index contributed by atoms with van der Waals surface area (Å²) in [5, 5.41) is 10.2. The summed E-state index contributed by atoms with van der Waals surface area (Å²) in [7, 11) is -4.50. The van der Waals surface area contributed by atoms with Crippen molar-refractivity contribution in [3.8, 4) is 0 Å². The first kappa shape index (κ1) is 32.9. The highest BCUT2D eigenvalue weighted by atomic mass is 32.2. The van der Waals surface area contributed by atoms with Crippen molar-refractivity contribution in [1.82, 2.24) is 9.62 Å². The van der Waals surface area contributed by atoms with Crippen molar-refractivity contribution in [2.75, 3.05) is 18.4 Å². The first-order valence-corrected chi connectivity index (χ1v) is 13.3. The molecule has 2 aliphatic rings. The normalized spacial score (nSPS) is 18.7. The van der Waals surface area contributed by atoms with Crippen LogP contribution < -0.4 is 10.0 Å². The van der Waals surface area contributed by atoms with E-state index in [1.807, 2.05) is 0 Å². The number of halogens is 9. The van der Waals surface area contributed by atoms with Gasteiger partial charge in [0.2, 0.25) is 10.0 Å². The van der Waals surface area contributed by atoms with Crippen LogP contribution in [-0.2, 0) is 21.0 Å². The Bertz CT molecular complexity index is 1080. The van der Waals surface area contributed by atoms with Crippen LogP contribution in [0.15, 0.2) is 23.1 Å². The van der Waals surface area contributed by atoms with Crippen LogP contribution in [0.3, 0.4) is 0 Å². The minimum atomic E-state index is -5.08. The van der Waals surface area contributed by atoms with E-state index >= 15 is 0 Å². The molecule has 2 fully saturated rings. The predicted molar refractivity (Wildman–Crippen MR) is 121 cm³/mol. The molecule has 0 radical (unpaired) electrons. The van der Waals surface area contributed by atoms with Gasteiger partial charge < -0.3 is 15.3 Å². The Morgan fingerprint density at radius 1 is 1.03 bits per heavy atom. The van der Waals surface area contributed by atoms with Crippen LogP contribution in [0.5, 0.6) is 0 Å². The van der Waals surface area contributed by atoms with E-state index in [0.29, 0.717) is 24.9 Å². The Labute approximate surface area is 218 Å². The van der Waals surface area contributed by atoms with Crippen molar-refractivity contribution in [1.29, 1.82) is 0 Å². The molecule has 0 amide bonds. The molecule has 1 aromatic rings. The highest BCUT2D eigenvalue weighted by Gasteiger charge is 2.38. The van der Waals surface area contributed by atoms with E-state index in [9.17, 15) is 47.9 Å². The summed E-state index contributed by atoms with van der Waals surface area (Å²) in [6, 6.07) is 1.78. The predicted octanol–water partition coefficient (Wildman–Crippen LogP) is 5.39. The van der Waals surface area contributed by atoms with Gasteiger partial charge in [-0.3, -0.25) is 0 Å². The number of hydrogen-bond donors (Lipinski definition) is 3. The third-order valence-corrected chi connectivity index (χ3v) is 7.64. The molecule has 1 heterocycles. The maximum atomic E-state index is 13.2. The summed E-state index contributed by atoms with van der Waals surface area (Å²) in [6.07, 6.45) is -12.3. The Balaban J connectivity index is 0.000000673. The van der Waals surface area contributed by atoms with E-state index in [0.717, 1.165) is 38.1 Å². The van der Waals surface area contributed by atoms with Crippen molar-refractivity contribution in [3.05, 3.63) is 23.8 Å². The van der Waals surface area contributed by atoms with Crippen LogP contribution in [0.1, 0.15) is 51.0 Å². The molecule has 1 atom stereocenters. The van der Waals surface area contributed by atoms with Crippen LogP contribution in [0.2, 0.25) is 0 Å². The molecular formula is C22H28F9N3O4S. The second-order valence-electron chi connectivity index (χ2n) is 9.37. The van der Waals surface area contributed by atoms with E-state index in [2.05, 4.69) is 14.9 Å². The summed E-state index contributed by atoms with van der Waals surface area (Å²) in [6.45, 7) is 2.88. The minimum absolute atomic E-state index is 0.0124. The highest BCUT2D eigenvalue weighted by molar-refractivity contribution is 7.89. The Morgan fingerprint density at radius 2 is 1.56 bits per heavy atom. The summed E-state index contributed by atoms with van der Waals surface area (Å²) in [5.41, 5.74) is -1.13. The third kappa shape index (κ3) is 11.0. The van der Waals surface area contributed by atoms with Gasteiger partial charge in [-0.1, -0.05) is 0 Å². The van der Waals surface area contributed by atoms with Gasteiger partial charge in [0.25, 0.3) is 0 Å². The van der Waals surface area contributed by atoms with E-state index in [1.54, 1.807) is 0 Å². The molecule has 1 aromatic carbocycles. The van der Waals surface area contributed by atoms with Gasteiger partial charge in [0.05, 0.1) is 11.3 Å². The first-order valence-electron chi connectivity index (χ1n) is 11.8. The SMILES string of the molecule is CC(CCC(F)(F)F)NS(=O)(=O)c1cc(C(F)(F)F)ccc1NC1CCN(C2CC2)CC1.O=C(O)C(F)(F)F. The lowest BCUT2D eigenvalue weighted by Crippen LogP contribution is -2.40. The van der Waals surface area contributed by atoms with Gasteiger partial charge in [0, 0.05) is 37.6 Å². The molecule has 1 aliphatic carbocycles. The maximum absolute atomic E-state index is 13.2. The Hall–Kier alpha value is -2.27. The Morgan fingerprint density at radius 3 is 2.00 bits per heavy atom. The number of benzene rings is 1. The number of nitrogens with zero attached hydrogens (tertiary/aromatic N) is 1. The van der Waals surface area contributed by atoms with Crippen molar-refractivity contribution in [2.45, 2.75) is 87.0 Å². The number of piperidine rings is 1. The third-order valence-electron chi connectivity index (χ3n) is 6.01. The van der Waals surface area contributed by atoms with Crippen molar-refractivity contribution in [3.63, 3.8) is 0 Å². The van der Waals surface area contributed by atoms with Gasteiger partial charge in [-0.25, -0.2) is 17.9 Å². The average Bonchev–Trinajstić information content (AvgIpc) is 3.62. The zero-order chi connectivity index (χ0) is 29.8. The fourth-order valence-corrected chi connectivity index (χ4v) is 5.35. The molecule has 1 saturated heterocycles. The summed E-state index contributed by atoms with van der Waals surface area (Å²) >= 11 is 0. The quantitative estimate of drug-likeness (QED) is 0.346. The monoisotopic (exact) mass is 601 g/mol. The lowest BCUT2D eigenvalue weighted by atomic mass is 10.0. The number of aliphatic carboxylic acids is 1. The largest absolute Gasteiger partial charge is 0.490 e. The zero-order valence-corrected chi connectivity index (χ0v) is 21.4. The van der Waals surface area contributed by atoms with E-state index in [-0.39, 0.29) is 11.7 Å². The fraction of sp³-hybridized carbons (Fsp3) is 0.682. The molecule has 1 unspecified atom stereocenters. The van der Waals surface area contributed by atoms with Gasteiger partial charge in [-0.2, -0.15) is 39.5 Å². The van der Waals surface area contributed by atoms with Crippen LogP contribution in [0, 0.1) is 0 Å². The molecular weight excluding hydrogens is 573 g/mol. The molecule has 3 N–H and O–H groups in total. The number of likely N-dealkylation sites (tertiary alicyclic amines) is 1. The molecule has 1 saturated carbocycles.